The van der Waals surface area contributed by atoms with E-state index in [0.717, 1.165) is 16.5 Å². The highest BCUT2D eigenvalue weighted by Gasteiger charge is 2.33. The smallest absolute Gasteiger partial charge is 0.326 e. The molecule has 1 fully saturated rings. The highest BCUT2D eigenvalue weighted by Crippen LogP contribution is 2.25. The van der Waals surface area contributed by atoms with E-state index in [-0.39, 0.29) is 12.3 Å². The Morgan fingerprint density at radius 2 is 2.25 bits per heavy atom. The Morgan fingerprint density at radius 1 is 1.50 bits per heavy atom. The summed E-state index contributed by atoms with van der Waals surface area (Å²) in [5, 5.41) is 9.11. The molecule has 108 valence electrons. The zero-order valence-corrected chi connectivity index (χ0v) is 12.7. The predicted octanol–water partition coefficient (Wildman–Crippen LogP) is 2.08. The summed E-state index contributed by atoms with van der Waals surface area (Å²) in [5.41, 5.74) is 0.797. The third-order valence-corrected chi connectivity index (χ3v) is 4.23. The number of carboxylic acid groups (broad SMARTS) is 1. The van der Waals surface area contributed by atoms with E-state index in [1.807, 2.05) is 6.07 Å². The topological polar surface area (TPSA) is 66.8 Å². The van der Waals surface area contributed by atoms with Gasteiger partial charge >= 0.3 is 5.97 Å². The lowest BCUT2D eigenvalue weighted by Crippen LogP contribution is -2.41. The predicted molar refractivity (Wildman–Crippen MR) is 76.8 cm³/mol. The summed E-state index contributed by atoms with van der Waals surface area (Å²) in [7, 11) is 1.57. The minimum atomic E-state index is -0.930. The number of nitrogens with zero attached hydrogens (tertiary/aromatic N) is 1. The molecular weight excluding hydrogens is 326 g/mol. The zero-order valence-electron chi connectivity index (χ0n) is 11.1. The second-order valence-corrected chi connectivity index (χ2v) is 5.57. The second-order valence-electron chi connectivity index (χ2n) is 4.72. The molecular formula is C14H16BrNO4. The molecule has 0 radical (unpaired) electrons. The van der Waals surface area contributed by atoms with E-state index < -0.39 is 12.0 Å². The van der Waals surface area contributed by atoms with E-state index >= 15 is 0 Å². The molecule has 1 atom stereocenters. The monoisotopic (exact) mass is 341 g/mol. The fourth-order valence-electron chi connectivity index (χ4n) is 2.40. The molecule has 2 rings (SSSR count). The highest BCUT2D eigenvalue weighted by molar-refractivity contribution is 9.10. The fourth-order valence-corrected chi connectivity index (χ4v) is 2.79. The molecule has 0 aliphatic carbocycles. The molecule has 0 saturated carbocycles. The molecule has 1 heterocycles. The van der Waals surface area contributed by atoms with Crippen LogP contribution in [0.25, 0.3) is 0 Å². The van der Waals surface area contributed by atoms with E-state index in [2.05, 4.69) is 15.9 Å². The lowest BCUT2D eigenvalue weighted by molar-refractivity contribution is -0.148. The first-order valence-corrected chi connectivity index (χ1v) is 7.17. The molecule has 1 aromatic carbocycles. The average molecular weight is 342 g/mol. The number of halogens is 1. The first-order chi connectivity index (χ1) is 9.52. The summed E-state index contributed by atoms with van der Waals surface area (Å²) in [6.45, 7) is 0.511. The number of rotatable bonds is 4. The van der Waals surface area contributed by atoms with Crippen molar-refractivity contribution in [2.75, 3.05) is 13.7 Å². The van der Waals surface area contributed by atoms with Crippen LogP contribution in [0.1, 0.15) is 18.4 Å². The van der Waals surface area contributed by atoms with Crippen molar-refractivity contribution < 1.29 is 19.4 Å². The number of carbonyl (C=O) groups is 2. The van der Waals surface area contributed by atoms with Crippen molar-refractivity contribution in [1.82, 2.24) is 4.90 Å². The van der Waals surface area contributed by atoms with Crippen LogP contribution in [0.2, 0.25) is 0 Å². The highest BCUT2D eigenvalue weighted by atomic mass is 79.9. The molecule has 1 N–H and O–H groups in total. The van der Waals surface area contributed by atoms with Crippen molar-refractivity contribution in [3.8, 4) is 5.75 Å². The van der Waals surface area contributed by atoms with E-state index in [0.29, 0.717) is 18.7 Å². The van der Waals surface area contributed by atoms with Gasteiger partial charge in [-0.05, 0) is 36.6 Å². The number of amides is 1. The molecule has 1 aliphatic heterocycles. The Morgan fingerprint density at radius 3 is 2.90 bits per heavy atom. The number of hydrogen-bond donors (Lipinski definition) is 1. The molecule has 1 saturated heterocycles. The van der Waals surface area contributed by atoms with Crippen molar-refractivity contribution in [1.29, 1.82) is 0 Å². The lowest BCUT2D eigenvalue weighted by atomic mass is 10.1. The van der Waals surface area contributed by atoms with Gasteiger partial charge in [0.1, 0.15) is 11.8 Å². The van der Waals surface area contributed by atoms with Crippen molar-refractivity contribution in [2.45, 2.75) is 25.3 Å². The number of carboxylic acids is 1. The maximum Gasteiger partial charge on any atom is 0.326 e. The molecule has 5 nitrogen and oxygen atoms in total. The third-order valence-electron chi connectivity index (χ3n) is 3.45. The summed E-state index contributed by atoms with van der Waals surface area (Å²) < 4.78 is 5.95. The van der Waals surface area contributed by atoms with E-state index in [9.17, 15) is 9.59 Å². The Labute approximate surface area is 125 Å². The van der Waals surface area contributed by atoms with Crippen molar-refractivity contribution >= 4 is 27.8 Å². The van der Waals surface area contributed by atoms with Gasteiger partial charge in [0, 0.05) is 11.0 Å². The molecule has 6 heteroatoms. The van der Waals surface area contributed by atoms with Gasteiger partial charge in [0.2, 0.25) is 5.91 Å². The molecule has 0 bridgehead atoms. The van der Waals surface area contributed by atoms with E-state index in [1.54, 1.807) is 19.2 Å². The maximum absolute atomic E-state index is 12.3. The van der Waals surface area contributed by atoms with Crippen molar-refractivity contribution in [3.63, 3.8) is 0 Å². The number of methoxy groups -OCH3 is 1. The third kappa shape index (κ3) is 3.12. The van der Waals surface area contributed by atoms with Crippen molar-refractivity contribution in [2.24, 2.45) is 0 Å². The Bertz CT molecular complexity index is 532. The van der Waals surface area contributed by atoms with Crippen LogP contribution in [0.5, 0.6) is 5.75 Å². The summed E-state index contributed by atoms with van der Waals surface area (Å²) >= 11 is 3.40. The summed E-state index contributed by atoms with van der Waals surface area (Å²) in [4.78, 5) is 24.8. The van der Waals surface area contributed by atoms with Gasteiger partial charge in [0.15, 0.2) is 0 Å². The van der Waals surface area contributed by atoms with Crippen LogP contribution in [-0.4, -0.2) is 41.6 Å². The summed E-state index contributed by atoms with van der Waals surface area (Å²) in [5.74, 6) is -0.420. The van der Waals surface area contributed by atoms with Crippen LogP contribution in [0.3, 0.4) is 0 Å². The van der Waals surface area contributed by atoms with Crippen LogP contribution >= 0.6 is 15.9 Å². The van der Waals surface area contributed by atoms with Crippen LogP contribution in [0, 0.1) is 0 Å². The molecule has 1 aromatic rings. The first-order valence-electron chi connectivity index (χ1n) is 6.37. The van der Waals surface area contributed by atoms with Gasteiger partial charge in [0.25, 0.3) is 0 Å². The first kappa shape index (κ1) is 14.8. The largest absolute Gasteiger partial charge is 0.497 e. The van der Waals surface area contributed by atoms with Gasteiger partial charge in [-0.25, -0.2) is 4.79 Å². The quantitative estimate of drug-likeness (QED) is 0.910. The number of hydrogen-bond acceptors (Lipinski definition) is 3. The molecule has 1 aliphatic rings. The van der Waals surface area contributed by atoms with Gasteiger partial charge < -0.3 is 14.7 Å². The van der Waals surface area contributed by atoms with Gasteiger partial charge in [0.05, 0.1) is 13.5 Å². The summed E-state index contributed by atoms with van der Waals surface area (Å²) in [6, 6.07) is 4.72. The minimum absolute atomic E-state index is 0.163. The number of aliphatic carboxylic acids is 1. The molecule has 0 unspecified atom stereocenters. The Kier molecular flexibility index (Phi) is 4.65. The van der Waals surface area contributed by atoms with Crippen LogP contribution < -0.4 is 4.74 Å². The summed E-state index contributed by atoms with van der Waals surface area (Å²) in [6.07, 6.45) is 1.43. The Hall–Kier alpha value is -1.56. The second kappa shape index (κ2) is 6.26. The van der Waals surface area contributed by atoms with Gasteiger partial charge in [-0.15, -0.1) is 0 Å². The lowest BCUT2D eigenvalue weighted by Gasteiger charge is -2.21. The fraction of sp³-hybridized carbons (Fsp3) is 0.429. The molecule has 20 heavy (non-hydrogen) atoms. The van der Waals surface area contributed by atoms with E-state index in [1.165, 1.54) is 4.90 Å². The maximum atomic E-state index is 12.3. The number of likely N-dealkylation sites (tertiary alicyclic amines) is 1. The van der Waals surface area contributed by atoms with Crippen LogP contribution in [0.4, 0.5) is 0 Å². The van der Waals surface area contributed by atoms with Gasteiger partial charge in [-0.1, -0.05) is 15.9 Å². The number of benzene rings is 1. The standard InChI is InChI=1S/C14H16BrNO4/c1-20-10-4-5-11(15)9(7-10)8-13(17)16-6-2-3-12(16)14(18)19/h4-5,7,12H,2-3,6,8H2,1H3,(H,18,19)/t12-/m0/s1. The minimum Gasteiger partial charge on any atom is -0.497 e. The average Bonchev–Trinajstić information content (AvgIpc) is 2.90. The zero-order chi connectivity index (χ0) is 14.7. The molecule has 0 aromatic heterocycles. The van der Waals surface area contributed by atoms with Gasteiger partial charge in [-0.2, -0.15) is 0 Å². The number of carbonyl (C=O) groups excluding carboxylic acids is 1. The van der Waals surface area contributed by atoms with Gasteiger partial charge in [-0.3, -0.25) is 4.79 Å². The van der Waals surface area contributed by atoms with E-state index in [4.69, 9.17) is 9.84 Å². The Balaban J connectivity index is 2.13. The van der Waals surface area contributed by atoms with Crippen LogP contribution in [0.15, 0.2) is 22.7 Å². The molecule has 0 spiro atoms. The molecule has 1 amide bonds. The normalized spacial score (nSPS) is 18.1. The van der Waals surface area contributed by atoms with Crippen LogP contribution in [-0.2, 0) is 16.0 Å². The SMILES string of the molecule is COc1ccc(Br)c(CC(=O)N2CCC[C@H]2C(=O)O)c1. The number of ether oxygens (including phenoxy) is 1. The van der Waals surface area contributed by atoms with Crippen molar-refractivity contribution in [3.05, 3.63) is 28.2 Å².